The number of benzene rings is 11. The van der Waals surface area contributed by atoms with E-state index in [4.69, 9.17) is 0 Å². The maximum Gasteiger partial charge on any atom is 0.0563 e. The third-order valence-electron chi connectivity index (χ3n) is 15.2. The first-order valence-corrected chi connectivity index (χ1v) is 24.4. The summed E-state index contributed by atoms with van der Waals surface area (Å²) < 4.78 is 12.2. The predicted octanol–water partition coefficient (Wildman–Crippen LogP) is 17.1. The van der Waals surface area contributed by atoms with E-state index in [9.17, 15) is 0 Å². The number of rotatable bonds is 6. The monoisotopic (exact) mass is 903 g/mol. The summed E-state index contributed by atoms with van der Waals surface area (Å²) in [6.07, 6.45) is 0. The molecule has 0 fully saturated rings. The fourth-order valence-electron chi connectivity index (χ4n) is 12.4. The van der Waals surface area contributed by atoms with Crippen molar-refractivity contribution in [1.29, 1.82) is 0 Å². The smallest absolute Gasteiger partial charge is 0.0563 e. The molecule has 0 N–H and O–H groups in total. The van der Waals surface area contributed by atoms with Crippen LogP contribution in [0.5, 0.6) is 0 Å². The van der Waals surface area contributed by atoms with Crippen LogP contribution in [-0.2, 0) is 0 Å². The normalized spacial score (nSPS) is 12.2. The zero-order valence-corrected chi connectivity index (χ0v) is 38.4. The Morgan fingerprint density at radius 1 is 0.197 bits per heavy atom. The number of nitrogens with zero attached hydrogens (tertiary/aromatic N) is 5. The maximum absolute atomic E-state index is 2.47. The molecule has 0 atom stereocenters. The van der Waals surface area contributed by atoms with Crippen LogP contribution in [0.1, 0.15) is 0 Å². The Labute approximate surface area is 407 Å². The number of fused-ring (bicyclic) bond motifs is 9. The molecule has 0 aliphatic carbocycles. The molecule has 0 unspecified atom stereocenters. The number of hydrogen-bond acceptors (Lipinski definition) is 0. The number of para-hydroxylation sites is 6. The molecule has 11 aromatic carbocycles. The van der Waals surface area contributed by atoms with Crippen LogP contribution in [0.3, 0.4) is 0 Å². The van der Waals surface area contributed by atoms with E-state index in [1.807, 2.05) is 0 Å². The van der Waals surface area contributed by atoms with Gasteiger partial charge in [0, 0.05) is 71.4 Å². The van der Waals surface area contributed by atoms with Gasteiger partial charge in [0.2, 0.25) is 0 Å². The Morgan fingerprint density at radius 3 is 1.21 bits per heavy atom. The van der Waals surface area contributed by atoms with Gasteiger partial charge in [-0.15, -0.1) is 0 Å². The van der Waals surface area contributed by atoms with Crippen LogP contribution < -0.4 is 0 Å². The van der Waals surface area contributed by atoms with Crippen LogP contribution in [0.25, 0.3) is 138 Å². The van der Waals surface area contributed by atoms with Crippen molar-refractivity contribution in [2.45, 2.75) is 0 Å². The molecule has 5 heterocycles. The van der Waals surface area contributed by atoms with Gasteiger partial charge in [0.15, 0.2) is 0 Å². The summed E-state index contributed by atoms with van der Waals surface area (Å²) in [6.45, 7) is 0. The van der Waals surface area contributed by atoms with Gasteiger partial charge in [0.25, 0.3) is 0 Å². The molecule has 330 valence electrons. The topological polar surface area (TPSA) is 24.6 Å². The van der Waals surface area contributed by atoms with E-state index >= 15 is 0 Å². The minimum Gasteiger partial charge on any atom is -0.309 e. The molecule has 0 spiro atoms. The molecule has 16 aromatic rings. The maximum atomic E-state index is 2.47. The molecular formula is C66H41N5. The summed E-state index contributed by atoms with van der Waals surface area (Å²) >= 11 is 0. The summed E-state index contributed by atoms with van der Waals surface area (Å²) in [4.78, 5) is 0. The van der Waals surface area contributed by atoms with E-state index in [2.05, 4.69) is 272 Å². The van der Waals surface area contributed by atoms with Crippen LogP contribution in [0.4, 0.5) is 0 Å². The van der Waals surface area contributed by atoms with Crippen molar-refractivity contribution in [3.05, 3.63) is 249 Å². The summed E-state index contributed by atoms with van der Waals surface area (Å²) in [5, 5.41) is 10.0. The lowest BCUT2D eigenvalue weighted by Crippen LogP contribution is -2.00. The Bertz CT molecular complexity index is 4700. The molecule has 0 radical (unpaired) electrons. The van der Waals surface area contributed by atoms with Crippen molar-refractivity contribution >= 4 is 98.3 Å². The molecule has 0 aliphatic rings. The largest absolute Gasteiger partial charge is 0.309 e. The average Bonchev–Trinajstić information content (AvgIpc) is 4.23. The second-order valence-electron chi connectivity index (χ2n) is 18.9. The van der Waals surface area contributed by atoms with Crippen molar-refractivity contribution in [2.75, 3.05) is 0 Å². The zero-order valence-electron chi connectivity index (χ0n) is 38.4. The first-order chi connectivity index (χ1) is 35.3. The Balaban J connectivity index is 0.850. The molecular weight excluding hydrogens is 863 g/mol. The van der Waals surface area contributed by atoms with Crippen molar-refractivity contribution < 1.29 is 0 Å². The van der Waals surface area contributed by atoms with Crippen LogP contribution in [0.15, 0.2) is 249 Å². The lowest BCUT2D eigenvalue weighted by atomic mass is 10.0. The first kappa shape index (κ1) is 38.4. The van der Waals surface area contributed by atoms with Gasteiger partial charge in [0.1, 0.15) is 0 Å². The van der Waals surface area contributed by atoms with Gasteiger partial charge in [-0.25, -0.2) is 0 Å². The standard InChI is InChI=1S/C66H41N5/c1-2-18-43(19-3-1)67-55-27-10-7-24-50(55)52-37-35-46(41-64(52)67)70-62-33-15-31-60-65(62)66-61(32-16-34-63(66)70)69(60)44-20-14-17-42(39-44)47-21-4-9-26-54(47)71-58-30-13-8-25-51(58)53-40-45(36-38-59(53)71)68-56-28-11-5-22-48(56)49-23-6-12-29-57(49)68/h1-41H. The summed E-state index contributed by atoms with van der Waals surface area (Å²) in [5.74, 6) is 0. The molecule has 5 aromatic heterocycles. The predicted molar refractivity (Wildman–Crippen MR) is 297 cm³/mol. The highest BCUT2D eigenvalue weighted by Gasteiger charge is 2.24. The third kappa shape index (κ3) is 5.29. The number of hydrogen-bond donors (Lipinski definition) is 0. The highest BCUT2D eigenvalue weighted by Crippen LogP contribution is 2.45. The van der Waals surface area contributed by atoms with Gasteiger partial charge >= 0.3 is 0 Å². The fourth-order valence-corrected chi connectivity index (χ4v) is 12.4. The molecule has 0 saturated carbocycles. The second kappa shape index (κ2) is 14.5. The van der Waals surface area contributed by atoms with Crippen LogP contribution in [-0.4, -0.2) is 22.8 Å². The van der Waals surface area contributed by atoms with Crippen LogP contribution in [0.2, 0.25) is 0 Å². The Morgan fingerprint density at radius 2 is 0.592 bits per heavy atom. The third-order valence-corrected chi connectivity index (χ3v) is 15.2. The Kier molecular flexibility index (Phi) is 7.82. The van der Waals surface area contributed by atoms with Gasteiger partial charge in [-0.1, -0.05) is 140 Å². The molecule has 5 nitrogen and oxygen atoms in total. The van der Waals surface area contributed by atoms with E-state index in [1.165, 1.54) is 104 Å². The molecule has 5 heteroatoms. The molecule has 16 rings (SSSR count). The summed E-state index contributed by atoms with van der Waals surface area (Å²) in [5.41, 5.74) is 20.0. The highest BCUT2D eigenvalue weighted by atomic mass is 15.0. The second-order valence-corrected chi connectivity index (χ2v) is 18.9. The van der Waals surface area contributed by atoms with E-state index in [0.29, 0.717) is 0 Å². The van der Waals surface area contributed by atoms with E-state index in [-0.39, 0.29) is 0 Å². The van der Waals surface area contributed by atoms with Crippen molar-refractivity contribution in [1.82, 2.24) is 22.8 Å². The van der Waals surface area contributed by atoms with Gasteiger partial charge in [-0.3, -0.25) is 0 Å². The first-order valence-electron chi connectivity index (χ1n) is 24.4. The highest BCUT2D eigenvalue weighted by molar-refractivity contribution is 6.25. The molecule has 0 bridgehead atoms. The quantitative estimate of drug-likeness (QED) is 0.159. The molecule has 0 amide bonds. The average molecular weight is 904 g/mol. The van der Waals surface area contributed by atoms with Crippen molar-refractivity contribution in [3.8, 4) is 39.6 Å². The van der Waals surface area contributed by atoms with Crippen LogP contribution >= 0.6 is 0 Å². The van der Waals surface area contributed by atoms with Gasteiger partial charge in [-0.2, -0.15) is 0 Å². The Hall–Kier alpha value is -9.58. The van der Waals surface area contributed by atoms with Gasteiger partial charge in [-0.05, 0) is 115 Å². The molecule has 71 heavy (non-hydrogen) atoms. The SMILES string of the molecule is c1ccc(-n2c3ccccc3c3ccc(-n4c5cccc6c5c5c(cccc54)n6-c4cccc(-c5ccccc5-n5c6ccccc6c6cc(-n7c8ccccc8c8ccccc87)ccc65)c4)cc32)cc1. The van der Waals surface area contributed by atoms with Crippen molar-refractivity contribution in [3.63, 3.8) is 0 Å². The van der Waals surface area contributed by atoms with Gasteiger partial charge < -0.3 is 22.8 Å². The lowest BCUT2D eigenvalue weighted by molar-refractivity contribution is 1.15. The van der Waals surface area contributed by atoms with Crippen molar-refractivity contribution in [2.24, 2.45) is 0 Å². The fraction of sp³-hybridized carbons (Fsp3) is 0. The van der Waals surface area contributed by atoms with E-state index in [0.717, 1.165) is 34.0 Å². The van der Waals surface area contributed by atoms with Crippen LogP contribution in [0, 0.1) is 0 Å². The minimum absolute atomic E-state index is 1.13. The minimum atomic E-state index is 1.13. The molecule has 0 saturated heterocycles. The van der Waals surface area contributed by atoms with E-state index < -0.39 is 0 Å². The molecule has 0 aliphatic heterocycles. The zero-order chi connectivity index (χ0) is 46.3. The summed E-state index contributed by atoms with van der Waals surface area (Å²) in [7, 11) is 0. The van der Waals surface area contributed by atoms with Gasteiger partial charge in [0.05, 0.1) is 60.9 Å². The summed E-state index contributed by atoms with van der Waals surface area (Å²) in [6, 6.07) is 91.4. The number of aromatic nitrogens is 5. The van der Waals surface area contributed by atoms with E-state index in [1.54, 1.807) is 0 Å². The lowest BCUT2D eigenvalue weighted by Gasteiger charge is -2.16.